The predicted molar refractivity (Wildman–Crippen MR) is 104 cm³/mol. The molecule has 0 amide bonds. The number of fused-ring (bicyclic) bond motifs is 3. The number of anilines is 1. The SMILES string of the molecule is Fc1ccc2[nH]c3c(N4CC[NH+](Cc5ccccc5)CC4)ncnc3c2c1. The number of nitrogens with one attached hydrogen (secondary N) is 2. The van der Waals surface area contributed by atoms with E-state index in [-0.39, 0.29) is 5.82 Å². The Morgan fingerprint density at radius 3 is 2.67 bits per heavy atom. The van der Waals surface area contributed by atoms with Crippen molar-refractivity contribution in [3.05, 3.63) is 66.2 Å². The molecule has 1 fully saturated rings. The number of nitrogens with zero attached hydrogens (tertiary/aromatic N) is 3. The number of quaternary nitrogens is 1. The molecule has 1 aliphatic rings. The molecule has 27 heavy (non-hydrogen) atoms. The molecule has 2 aromatic carbocycles. The molecule has 1 saturated heterocycles. The molecule has 2 N–H and O–H groups in total. The van der Waals surface area contributed by atoms with Crippen LogP contribution < -0.4 is 9.80 Å². The molecule has 5 rings (SSSR count). The molecule has 136 valence electrons. The molecular weight excluding hydrogens is 341 g/mol. The molecule has 0 bridgehead atoms. The van der Waals surface area contributed by atoms with Crippen LogP contribution in [0.3, 0.4) is 0 Å². The van der Waals surface area contributed by atoms with Gasteiger partial charge < -0.3 is 14.8 Å². The van der Waals surface area contributed by atoms with E-state index in [2.05, 4.69) is 50.2 Å². The zero-order chi connectivity index (χ0) is 18.2. The van der Waals surface area contributed by atoms with Crippen molar-refractivity contribution < 1.29 is 9.29 Å². The van der Waals surface area contributed by atoms with E-state index in [9.17, 15) is 4.39 Å². The maximum atomic E-state index is 13.6. The van der Waals surface area contributed by atoms with Gasteiger partial charge in [-0.3, -0.25) is 0 Å². The van der Waals surface area contributed by atoms with E-state index in [0.29, 0.717) is 0 Å². The van der Waals surface area contributed by atoms with Gasteiger partial charge in [0.1, 0.15) is 29.7 Å². The monoisotopic (exact) mass is 362 g/mol. The van der Waals surface area contributed by atoms with Crippen LogP contribution in [-0.4, -0.2) is 41.1 Å². The van der Waals surface area contributed by atoms with Gasteiger partial charge in [0.2, 0.25) is 0 Å². The number of aromatic nitrogens is 3. The summed E-state index contributed by atoms with van der Waals surface area (Å²) in [5.74, 6) is 0.664. The van der Waals surface area contributed by atoms with Crippen LogP contribution in [0.15, 0.2) is 54.9 Å². The molecule has 0 spiro atoms. The molecule has 0 aliphatic carbocycles. The number of halogens is 1. The van der Waals surface area contributed by atoms with Crippen molar-refractivity contribution in [3.8, 4) is 0 Å². The quantitative estimate of drug-likeness (QED) is 0.587. The largest absolute Gasteiger partial charge is 0.350 e. The number of hydrogen-bond acceptors (Lipinski definition) is 3. The van der Waals surface area contributed by atoms with Gasteiger partial charge in [-0.2, -0.15) is 0 Å². The second-order valence-corrected chi connectivity index (χ2v) is 7.14. The minimum Gasteiger partial charge on any atom is -0.350 e. The van der Waals surface area contributed by atoms with Crippen molar-refractivity contribution >= 4 is 27.8 Å². The Morgan fingerprint density at radius 2 is 1.85 bits per heavy atom. The Morgan fingerprint density at radius 1 is 1.04 bits per heavy atom. The Balaban J connectivity index is 1.39. The zero-order valence-electron chi connectivity index (χ0n) is 15.0. The van der Waals surface area contributed by atoms with Crippen molar-refractivity contribution in [2.75, 3.05) is 31.1 Å². The van der Waals surface area contributed by atoms with Crippen LogP contribution >= 0.6 is 0 Å². The summed E-state index contributed by atoms with van der Waals surface area (Å²) in [7, 11) is 0. The van der Waals surface area contributed by atoms with Crippen LogP contribution in [0.1, 0.15) is 5.56 Å². The third kappa shape index (κ3) is 3.02. The summed E-state index contributed by atoms with van der Waals surface area (Å²) in [6.45, 7) is 5.07. The van der Waals surface area contributed by atoms with Crippen molar-refractivity contribution in [1.82, 2.24) is 15.0 Å². The van der Waals surface area contributed by atoms with Crippen molar-refractivity contribution in [2.24, 2.45) is 0 Å². The van der Waals surface area contributed by atoms with Gasteiger partial charge in [0.15, 0.2) is 5.82 Å². The lowest BCUT2D eigenvalue weighted by Crippen LogP contribution is -3.13. The second kappa shape index (κ2) is 6.63. The Hall–Kier alpha value is -2.99. The van der Waals surface area contributed by atoms with Gasteiger partial charge in [-0.05, 0) is 18.2 Å². The molecule has 0 atom stereocenters. The lowest BCUT2D eigenvalue weighted by atomic mass is 10.2. The van der Waals surface area contributed by atoms with Gasteiger partial charge in [-0.15, -0.1) is 0 Å². The van der Waals surface area contributed by atoms with Crippen LogP contribution in [0.2, 0.25) is 0 Å². The molecule has 0 unspecified atom stereocenters. The summed E-state index contributed by atoms with van der Waals surface area (Å²) >= 11 is 0. The Bertz CT molecular complexity index is 1080. The average Bonchev–Trinajstić information content (AvgIpc) is 3.07. The Kier molecular flexibility index (Phi) is 3.98. The third-order valence-corrected chi connectivity index (χ3v) is 5.39. The van der Waals surface area contributed by atoms with E-state index < -0.39 is 0 Å². The summed E-state index contributed by atoms with van der Waals surface area (Å²) in [6.07, 6.45) is 1.58. The van der Waals surface area contributed by atoms with Gasteiger partial charge in [0, 0.05) is 16.5 Å². The van der Waals surface area contributed by atoms with Crippen molar-refractivity contribution in [3.63, 3.8) is 0 Å². The second-order valence-electron chi connectivity index (χ2n) is 7.14. The molecule has 6 heteroatoms. The van der Waals surface area contributed by atoms with Crippen LogP contribution in [0.25, 0.3) is 21.9 Å². The number of hydrogen-bond donors (Lipinski definition) is 2. The number of aromatic amines is 1. The van der Waals surface area contributed by atoms with Crippen LogP contribution in [0.5, 0.6) is 0 Å². The summed E-state index contributed by atoms with van der Waals surface area (Å²) < 4.78 is 13.6. The first-order valence-corrected chi connectivity index (χ1v) is 9.32. The highest BCUT2D eigenvalue weighted by Gasteiger charge is 2.23. The maximum absolute atomic E-state index is 13.6. The predicted octanol–water partition coefficient (Wildman–Crippen LogP) is 2.16. The van der Waals surface area contributed by atoms with Crippen LogP contribution in [0.4, 0.5) is 10.2 Å². The highest BCUT2D eigenvalue weighted by molar-refractivity contribution is 6.08. The molecule has 0 radical (unpaired) electrons. The van der Waals surface area contributed by atoms with Crippen LogP contribution in [0, 0.1) is 5.82 Å². The number of rotatable bonds is 3. The number of benzene rings is 2. The molecule has 4 aromatic rings. The summed E-state index contributed by atoms with van der Waals surface area (Å²) in [4.78, 5) is 16.2. The van der Waals surface area contributed by atoms with E-state index >= 15 is 0 Å². The zero-order valence-corrected chi connectivity index (χ0v) is 15.0. The number of piperazine rings is 1. The van der Waals surface area contributed by atoms with E-state index in [1.54, 1.807) is 17.3 Å². The molecule has 5 nitrogen and oxygen atoms in total. The van der Waals surface area contributed by atoms with Crippen molar-refractivity contribution in [2.45, 2.75) is 6.54 Å². The van der Waals surface area contributed by atoms with Gasteiger partial charge in [0.25, 0.3) is 0 Å². The van der Waals surface area contributed by atoms with E-state index in [0.717, 1.165) is 60.5 Å². The minimum absolute atomic E-state index is 0.248. The minimum atomic E-state index is -0.248. The molecule has 0 saturated carbocycles. The summed E-state index contributed by atoms with van der Waals surface area (Å²) in [6, 6.07) is 15.4. The van der Waals surface area contributed by atoms with E-state index in [1.807, 2.05) is 0 Å². The summed E-state index contributed by atoms with van der Waals surface area (Å²) in [5.41, 5.74) is 3.95. The molecule has 1 aliphatic heterocycles. The lowest BCUT2D eigenvalue weighted by Gasteiger charge is -2.33. The van der Waals surface area contributed by atoms with Gasteiger partial charge >= 0.3 is 0 Å². The van der Waals surface area contributed by atoms with E-state index in [1.165, 1.54) is 17.7 Å². The first-order valence-electron chi connectivity index (χ1n) is 9.32. The fourth-order valence-electron chi connectivity index (χ4n) is 3.99. The smallest absolute Gasteiger partial charge is 0.156 e. The lowest BCUT2D eigenvalue weighted by molar-refractivity contribution is -0.914. The number of H-pyrrole nitrogens is 1. The van der Waals surface area contributed by atoms with Gasteiger partial charge in [-0.25, -0.2) is 14.4 Å². The standard InChI is InChI=1S/C21H20FN5/c22-16-6-7-18-17(12-16)19-20(25-18)21(24-14-23-19)27-10-8-26(9-11-27)13-15-4-2-1-3-5-15/h1-7,12,14,25H,8-11,13H2/p+1. The average molecular weight is 362 g/mol. The van der Waals surface area contributed by atoms with Gasteiger partial charge in [-0.1, -0.05) is 30.3 Å². The van der Waals surface area contributed by atoms with Crippen molar-refractivity contribution in [1.29, 1.82) is 0 Å². The highest BCUT2D eigenvalue weighted by atomic mass is 19.1. The highest BCUT2D eigenvalue weighted by Crippen LogP contribution is 2.29. The molecule has 3 heterocycles. The van der Waals surface area contributed by atoms with Gasteiger partial charge in [0.05, 0.1) is 26.2 Å². The maximum Gasteiger partial charge on any atom is 0.156 e. The Labute approximate surface area is 156 Å². The normalized spacial score (nSPS) is 15.7. The fourth-order valence-corrected chi connectivity index (χ4v) is 3.99. The summed E-state index contributed by atoms with van der Waals surface area (Å²) in [5, 5.41) is 0.807. The first kappa shape index (κ1) is 16.2. The molecular formula is C21H21FN5+. The first-order chi connectivity index (χ1) is 13.3. The van der Waals surface area contributed by atoms with E-state index in [4.69, 9.17) is 0 Å². The van der Waals surface area contributed by atoms with Crippen LogP contribution in [-0.2, 0) is 6.54 Å². The fraction of sp³-hybridized carbons (Fsp3) is 0.238. The molecule has 2 aromatic heterocycles. The third-order valence-electron chi connectivity index (χ3n) is 5.39. The topological polar surface area (TPSA) is 49.2 Å².